The summed E-state index contributed by atoms with van der Waals surface area (Å²) in [4.78, 5) is 10.0. The Labute approximate surface area is 116 Å². The van der Waals surface area contributed by atoms with Gasteiger partial charge in [0.25, 0.3) is 5.69 Å². The van der Waals surface area contributed by atoms with Crippen LogP contribution in [-0.4, -0.2) is 26.2 Å². The average Bonchev–Trinajstić information content (AvgIpc) is 2.90. The fourth-order valence-electron chi connectivity index (χ4n) is 1.67. The summed E-state index contributed by atoms with van der Waals surface area (Å²) in [5.74, 6) is 0. The number of nitro groups is 1. The van der Waals surface area contributed by atoms with E-state index in [1.165, 1.54) is 12.7 Å². The maximum absolute atomic E-state index is 12.5. The number of alkyl halides is 3. The van der Waals surface area contributed by atoms with E-state index < -0.39 is 22.4 Å². The average molecular weight is 301 g/mol. The Balaban J connectivity index is 2.13. The second kappa shape index (κ2) is 5.77. The van der Waals surface area contributed by atoms with Crippen molar-refractivity contribution in [2.45, 2.75) is 12.7 Å². The monoisotopic (exact) mass is 301 g/mol. The summed E-state index contributed by atoms with van der Waals surface area (Å²) in [5, 5.41) is 20.8. The number of nitrogens with one attached hydrogen (secondary N) is 1. The van der Waals surface area contributed by atoms with Crippen LogP contribution in [0, 0.1) is 10.1 Å². The van der Waals surface area contributed by atoms with E-state index in [0.29, 0.717) is 12.6 Å². The maximum Gasteiger partial charge on any atom is 0.416 e. The molecule has 2 rings (SSSR count). The Hall–Kier alpha value is -2.65. The SMILES string of the molecule is O=[N+]([O-])c1cc(C(F)(F)F)ccc1NCCn1cnnc1. The smallest absolute Gasteiger partial charge is 0.378 e. The van der Waals surface area contributed by atoms with E-state index >= 15 is 0 Å². The van der Waals surface area contributed by atoms with Crippen molar-refractivity contribution in [2.24, 2.45) is 0 Å². The van der Waals surface area contributed by atoms with Crippen molar-refractivity contribution in [3.05, 3.63) is 46.5 Å². The zero-order valence-corrected chi connectivity index (χ0v) is 10.5. The molecule has 0 saturated carbocycles. The van der Waals surface area contributed by atoms with Gasteiger partial charge in [-0.05, 0) is 12.1 Å². The van der Waals surface area contributed by atoms with Crippen LogP contribution in [0.1, 0.15) is 5.56 Å². The standard InChI is InChI=1S/C11H10F3N5O2/c12-11(13,14)8-1-2-9(10(5-8)19(20)21)15-3-4-18-6-16-17-7-18/h1-2,5-7,15H,3-4H2. The number of aromatic nitrogens is 3. The lowest BCUT2D eigenvalue weighted by molar-refractivity contribution is -0.384. The molecule has 0 aliphatic heterocycles. The second-order valence-electron chi connectivity index (χ2n) is 4.11. The number of halogens is 3. The molecule has 1 aromatic carbocycles. The second-order valence-corrected chi connectivity index (χ2v) is 4.11. The van der Waals surface area contributed by atoms with E-state index in [1.807, 2.05) is 0 Å². The normalized spacial score (nSPS) is 11.4. The molecule has 0 radical (unpaired) electrons. The van der Waals surface area contributed by atoms with Crippen LogP contribution in [0.25, 0.3) is 0 Å². The Kier molecular flexibility index (Phi) is 4.05. The lowest BCUT2D eigenvalue weighted by Gasteiger charge is -2.10. The zero-order valence-electron chi connectivity index (χ0n) is 10.5. The number of hydrogen-bond acceptors (Lipinski definition) is 5. The van der Waals surface area contributed by atoms with Gasteiger partial charge in [0, 0.05) is 19.2 Å². The number of anilines is 1. The highest BCUT2D eigenvalue weighted by molar-refractivity contribution is 5.62. The molecule has 0 aliphatic carbocycles. The van der Waals surface area contributed by atoms with E-state index in [0.717, 1.165) is 12.1 Å². The molecule has 21 heavy (non-hydrogen) atoms. The molecule has 1 N–H and O–H groups in total. The maximum atomic E-state index is 12.5. The van der Waals surface area contributed by atoms with Gasteiger partial charge in [0.05, 0.1) is 10.5 Å². The van der Waals surface area contributed by atoms with Crippen LogP contribution in [0.3, 0.4) is 0 Å². The van der Waals surface area contributed by atoms with E-state index in [4.69, 9.17) is 0 Å². The fraction of sp³-hybridized carbons (Fsp3) is 0.273. The Bertz CT molecular complexity index is 627. The van der Waals surface area contributed by atoms with Crippen molar-refractivity contribution in [3.63, 3.8) is 0 Å². The molecule has 0 spiro atoms. The van der Waals surface area contributed by atoms with Crippen molar-refractivity contribution < 1.29 is 18.1 Å². The highest BCUT2D eigenvalue weighted by Gasteiger charge is 2.32. The van der Waals surface area contributed by atoms with Crippen LogP contribution >= 0.6 is 0 Å². The van der Waals surface area contributed by atoms with Crippen molar-refractivity contribution >= 4 is 11.4 Å². The molecule has 1 aromatic heterocycles. The molecule has 0 fully saturated rings. The lowest BCUT2D eigenvalue weighted by Crippen LogP contribution is -2.12. The summed E-state index contributed by atoms with van der Waals surface area (Å²) >= 11 is 0. The van der Waals surface area contributed by atoms with Crippen LogP contribution in [-0.2, 0) is 12.7 Å². The molecular formula is C11H10F3N5O2. The van der Waals surface area contributed by atoms with Gasteiger partial charge in [0.1, 0.15) is 18.3 Å². The molecule has 0 bridgehead atoms. The summed E-state index contributed by atoms with van der Waals surface area (Å²) in [5.41, 5.74) is -1.65. The molecule has 0 amide bonds. The molecule has 0 saturated heterocycles. The topological polar surface area (TPSA) is 85.9 Å². The Morgan fingerprint density at radius 3 is 2.52 bits per heavy atom. The molecule has 10 heteroatoms. The third kappa shape index (κ3) is 3.68. The van der Waals surface area contributed by atoms with Gasteiger partial charge >= 0.3 is 6.18 Å². The molecule has 112 valence electrons. The molecule has 0 aliphatic rings. The van der Waals surface area contributed by atoms with Gasteiger partial charge in [-0.2, -0.15) is 13.2 Å². The number of benzene rings is 1. The van der Waals surface area contributed by atoms with Crippen LogP contribution in [0.5, 0.6) is 0 Å². The lowest BCUT2D eigenvalue weighted by atomic mass is 10.1. The van der Waals surface area contributed by atoms with Crippen LogP contribution in [0.15, 0.2) is 30.9 Å². The molecule has 1 heterocycles. The summed E-state index contributed by atoms with van der Waals surface area (Å²) in [6.45, 7) is 0.704. The Morgan fingerprint density at radius 2 is 1.95 bits per heavy atom. The number of nitro benzene ring substituents is 1. The predicted octanol–water partition coefficient (Wildman–Crippen LogP) is 2.32. The first-order chi connectivity index (χ1) is 9.88. The highest BCUT2D eigenvalue weighted by Crippen LogP contribution is 2.34. The summed E-state index contributed by atoms with van der Waals surface area (Å²) in [6, 6.07) is 2.36. The predicted molar refractivity (Wildman–Crippen MR) is 66.6 cm³/mol. The van der Waals surface area contributed by atoms with Crippen molar-refractivity contribution in [1.29, 1.82) is 0 Å². The third-order valence-corrected chi connectivity index (χ3v) is 2.67. The van der Waals surface area contributed by atoms with Gasteiger partial charge in [0.15, 0.2) is 0 Å². The van der Waals surface area contributed by atoms with E-state index in [-0.39, 0.29) is 12.2 Å². The van der Waals surface area contributed by atoms with Gasteiger partial charge in [-0.1, -0.05) is 0 Å². The fourth-order valence-corrected chi connectivity index (χ4v) is 1.67. The first-order valence-electron chi connectivity index (χ1n) is 5.80. The van der Waals surface area contributed by atoms with Gasteiger partial charge < -0.3 is 9.88 Å². The van der Waals surface area contributed by atoms with Crippen LogP contribution < -0.4 is 5.32 Å². The number of rotatable bonds is 5. The highest BCUT2D eigenvalue weighted by atomic mass is 19.4. The summed E-state index contributed by atoms with van der Waals surface area (Å²) in [7, 11) is 0. The van der Waals surface area contributed by atoms with Gasteiger partial charge in [0.2, 0.25) is 0 Å². The summed E-state index contributed by atoms with van der Waals surface area (Å²) < 4.78 is 39.2. The van der Waals surface area contributed by atoms with Crippen molar-refractivity contribution in [1.82, 2.24) is 14.8 Å². The minimum Gasteiger partial charge on any atom is -0.378 e. The van der Waals surface area contributed by atoms with E-state index in [9.17, 15) is 23.3 Å². The first kappa shape index (κ1) is 14.8. The molecular weight excluding hydrogens is 291 g/mol. The quantitative estimate of drug-likeness (QED) is 0.676. The van der Waals surface area contributed by atoms with Crippen molar-refractivity contribution in [3.8, 4) is 0 Å². The van der Waals surface area contributed by atoms with Crippen LogP contribution in [0.2, 0.25) is 0 Å². The molecule has 0 atom stereocenters. The zero-order chi connectivity index (χ0) is 15.5. The third-order valence-electron chi connectivity index (χ3n) is 2.67. The summed E-state index contributed by atoms with van der Waals surface area (Å²) in [6.07, 6.45) is -1.70. The van der Waals surface area contributed by atoms with Crippen molar-refractivity contribution in [2.75, 3.05) is 11.9 Å². The molecule has 2 aromatic rings. The van der Waals surface area contributed by atoms with E-state index in [1.54, 1.807) is 4.57 Å². The van der Waals surface area contributed by atoms with Gasteiger partial charge in [-0.3, -0.25) is 10.1 Å². The minimum atomic E-state index is -4.62. The first-order valence-corrected chi connectivity index (χ1v) is 5.80. The van der Waals surface area contributed by atoms with Gasteiger partial charge in [-0.25, -0.2) is 0 Å². The van der Waals surface area contributed by atoms with Crippen LogP contribution in [0.4, 0.5) is 24.5 Å². The minimum absolute atomic E-state index is 0.0288. The molecule has 7 nitrogen and oxygen atoms in total. The largest absolute Gasteiger partial charge is 0.416 e. The Morgan fingerprint density at radius 1 is 1.29 bits per heavy atom. The van der Waals surface area contributed by atoms with E-state index in [2.05, 4.69) is 15.5 Å². The molecule has 0 unspecified atom stereocenters. The van der Waals surface area contributed by atoms with Gasteiger partial charge in [-0.15, -0.1) is 10.2 Å². The number of hydrogen-bond donors (Lipinski definition) is 1. The number of nitrogens with zero attached hydrogens (tertiary/aromatic N) is 4.